The summed E-state index contributed by atoms with van der Waals surface area (Å²) in [7, 11) is 0. The minimum Gasteiger partial charge on any atom is -0.381 e. The Morgan fingerprint density at radius 1 is 1.23 bits per heavy atom. The summed E-state index contributed by atoms with van der Waals surface area (Å²) in [5.41, 5.74) is 3.06. The number of pyridine rings is 1. The number of hydrogen-bond donors (Lipinski definition) is 0. The van der Waals surface area contributed by atoms with Crippen molar-refractivity contribution in [2.24, 2.45) is 5.41 Å². The molecule has 2 fully saturated rings. The average molecular weight is 371 g/mol. The van der Waals surface area contributed by atoms with Crippen LogP contribution in [-0.4, -0.2) is 36.2 Å². The topological polar surface area (TPSA) is 25.4 Å². The highest BCUT2D eigenvalue weighted by molar-refractivity contribution is 7.09. The van der Waals surface area contributed by atoms with Gasteiger partial charge in [0.25, 0.3) is 0 Å². The fraction of sp³-hybridized carbons (Fsp3) is 0.591. The molecule has 0 amide bonds. The third-order valence-corrected chi connectivity index (χ3v) is 7.25. The molecule has 0 spiro atoms. The van der Waals surface area contributed by atoms with E-state index >= 15 is 0 Å². The Morgan fingerprint density at radius 2 is 2.12 bits per heavy atom. The summed E-state index contributed by atoms with van der Waals surface area (Å²) in [6, 6.07) is 8.89. The first-order chi connectivity index (χ1) is 12.7. The van der Waals surface area contributed by atoms with E-state index in [2.05, 4.69) is 59.6 Å². The van der Waals surface area contributed by atoms with E-state index in [4.69, 9.17) is 4.74 Å². The van der Waals surface area contributed by atoms with Crippen LogP contribution in [0.15, 0.2) is 35.8 Å². The van der Waals surface area contributed by atoms with E-state index in [1.807, 2.05) is 11.3 Å². The zero-order chi connectivity index (χ0) is 18.0. The predicted octanol–water partition coefficient (Wildman–Crippen LogP) is 4.80. The van der Waals surface area contributed by atoms with Gasteiger partial charge in [0.2, 0.25) is 0 Å². The van der Waals surface area contributed by atoms with Gasteiger partial charge < -0.3 is 4.74 Å². The molecule has 1 aliphatic carbocycles. The quantitative estimate of drug-likeness (QED) is 0.667. The molecule has 2 aromatic heterocycles. The molecule has 0 bridgehead atoms. The zero-order valence-corrected chi connectivity index (χ0v) is 16.9. The number of nitrogens with zero attached hydrogens (tertiary/aromatic N) is 2. The first kappa shape index (κ1) is 18.1. The summed E-state index contributed by atoms with van der Waals surface area (Å²) < 4.78 is 5.96. The fourth-order valence-corrected chi connectivity index (χ4v) is 5.21. The van der Waals surface area contributed by atoms with Crippen molar-refractivity contribution in [2.75, 3.05) is 26.3 Å². The standard InChI is InChI=1S/C22H30N2OS/c1-3-25-17-21(9-8-20-5-4-14-26-20)12-13-24(16-21)22(10-11-22)19-7-6-18(2)23-15-19/h4-7,14-15H,3,8-13,16-17H2,1-2H3/t21-/m0/s1. The van der Waals surface area contributed by atoms with Crippen LogP contribution < -0.4 is 0 Å². The van der Waals surface area contributed by atoms with Crippen molar-refractivity contribution in [3.63, 3.8) is 0 Å². The zero-order valence-electron chi connectivity index (χ0n) is 16.0. The average Bonchev–Trinajstić information content (AvgIpc) is 3.10. The number of aromatic nitrogens is 1. The monoisotopic (exact) mass is 370 g/mol. The fourth-order valence-electron chi connectivity index (χ4n) is 4.51. The predicted molar refractivity (Wildman–Crippen MR) is 108 cm³/mol. The van der Waals surface area contributed by atoms with Gasteiger partial charge in [0.05, 0.1) is 6.61 Å². The van der Waals surface area contributed by atoms with E-state index in [-0.39, 0.29) is 5.54 Å². The number of rotatable bonds is 8. The third-order valence-electron chi connectivity index (χ3n) is 6.31. The summed E-state index contributed by atoms with van der Waals surface area (Å²) in [5.74, 6) is 0. The van der Waals surface area contributed by atoms with E-state index in [0.29, 0.717) is 5.41 Å². The van der Waals surface area contributed by atoms with E-state index < -0.39 is 0 Å². The number of ether oxygens (including phenoxy) is 1. The lowest BCUT2D eigenvalue weighted by molar-refractivity contribution is 0.0444. The Morgan fingerprint density at radius 3 is 2.77 bits per heavy atom. The Hall–Kier alpha value is -1.23. The molecule has 0 radical (unpaired) electrons. The van der Waals surface area contributed by atoms with Gasteiger partial charge in [0, 0.05) is 40.9 Å². The number of likely N-dealkylation sites (tertiary alicyclic amines) is 1. The Bertz CT molecular complexity index is 708. The minimum atomic E-state index is 0.248. The van der Waals surface area contributed by atoms with Crippen LogP contribution >= 0.6 is 11.3 Å². The van der Waals surface area contributed by atoms with Crippen LogP contribution in [-0.2, 0) is 16.7 Å². The summed E-state index contributed by atoms with van der Waals surface area (Å²) in [6.07, 6.45) is 8.31. The van der Waals surface area contributed by atoms with Crippen molar-refractivity contribution in [1.82, 2.24) is 9.88 Å². The molecular weight excluding hydrogens is 340 g/mol. The molecule has 1 atom stereocenters. The minimum absolute atomic E-state index is 0.248. The number of hydrogen-bond acceptors (Lipinski definition) is 4. The van der Waals surface area contributed by atoms with Crippen molar-refractivity contribution in [3.05, 3.63) is 52.0 Å². The smallest absolute Gasteiger partial charge is 0.0535 e. The first-order valence-electron chi connectivity index (χ1n) is 9.94. The lowest BCUT2D eigenvalue weighted by Crippen LogP contribution is -2.38. The van der Waals surface area contributed by atoms with Crippen molar-refractivity contribution in [3.8, 4) is 0 Å². The molecule has 4 heteroatoms. The summed E-state index contributed by atoms with van der Waals surface area (Å²) in [4.78, 5) is 8.81. The molecule has 1 saturated carbocycles. The second-order valence-electron chi connectivity index (χ2n) is 8.11. The van der Waals surface area contributed by atoms with Crippen molar-refractivity contribution >= 4 is 11.3 Å². The molecule has 140 valence electrons. The maximum Gasteiger partial charge on any atom is 0.0535 e. The van der Waals surface area contributed by atoms with Gasteiger partial charge in [-0.2, -0.15) is 0 Å². The summed E-state index contributed by atoms with van der Waals surface area (Å²) in [5, 5.41) is 2.19. The Kier molecular flexibility index (Phi) is 5.18. The van der Waals surface area contributed by atoms with Gasteiger partial charge in [-0.05, 0) is 75.6 Å². The summed E-state index contributed by atoms with van der Waals surface area (Å²) >= 11 is 1.88. The molecule has 26 heavy (non-hydrogen) atoms. The van der Waals surface area contributed by atoms with Gasteiger partial charge in [-0.25, -0.2) is 0 Å². The van der Waals surface area contributed by atoms with Gasteiger partial charge in [0.15, 0.2) is 0 Å². The molecule has 3 nitrogen and oxygen atoms in total. The highest BCUT2D eigenvalue weighted by Crippen LogP contribution is 2.54. The molecule has 2 aromatic rings. The van der Waals surface area contributed by atoms with Gasteiger partial charge in [-0.1, -0.05) is 12.1 Å². The normalized spacial score (nSPS) is 24.8. The van der Waals surface area contributed by atoms with Crippen LogP contribution in [0.3, 0.4) is 0 Å². The van der Waals surface area contributed by atoms with E-state index in [1.54, 1.807) is 0 Å². The van der Waals surface area contributed by atoms with Crippen LogP contribution in [0.1, 0.15) is 48.7 Å². The molecular formula is C22H30N2OS. The van der Waals surface area contributed by atoms with Crippen LogP contribution in [0.4, 0.5) is 0 Å². The second kappa shape index (κ2) is 7.41. The maximum absolute atomic E-state index is 5.96. The van der Waals surface area contributed by atoms with Crippen LogP contribution in [0, 0.1) is 12.3 Å². The molecule has 2 aliphatic rings. The van der Waals surface area contributed by atoms with Crippen LogP contribution in [0.5, 0.6) is 0 Å². The van der Waals surface area contributed by atoms with E-state index in [0.717, 1.165) is 25.5 Å². The number of aryl methyl sites for hydroxylation is 2. The van der Waals surface area contributed by atoms with Crippen molar-refractivity contribution in [1.29, 1.82) is 0 Å². The maximum atomic E-state index is 5.96. The van der Waals surface area contributed by atoms with Gasteiger partial charge in [-0.15, -0.1) is 11.3 Å². The van der Waals surface area contributed by atoms with Gasteiger partial charge in [0.1, 0.15) is 0 Å². The highest BCUT2D eigenvalue weighted by Gasteiger charge is 2.54. The summed E-state index contributed by atoms with van der Waals surface area (Å²) in [6.45, 7) is 8.23. The van der Waals surface area contributed by atoms with Crippen molar-refractivity contribution < 1.29 is 4.74 Å². The van der Waals surface area contributed by atoms with E-state index in [1.165, 1.54) is 49.1 Å². The highest BCUT2D eigenvalue weighted by atomic mass is 32.1. The molecule has 1 saturated heterocycles. The lowest BCUT2D eigenvalue weighted by atomic mass is 9.83. The molecule has 0 unspecified atom stereocenters. The molecule has 0 aromatic carbocycles. The molecule has 4 rings (SSSR count). The van der Waals surface area contributed by atoms with E-state index in [9.17, 15) is 0 Å². The SMILES string of the molecule is CCOC[C@@]1(CCc2cccs2)CCN(C2(c3ccc(C)nc3)CC2)C1. The number of thiophene rings is 1. The first-order valence-corrected chi connectivity index (χ1v) is 10.8. The second-order valence-corrected chi connectivity index (χ2v) is 9.14. The Balaban J connectivity index is 1.48. The molecule has 3 heterocycles. The largest absolute Gasteiger partial charge is 0.381 e. The van der Waals surface area contributed by atoms with Gasteiger partial charge in [-0.3, -0.25) is 9.88 Å². The van der Waals surface area contributed by atoms with Crippen LogP contribution in [0.25, 0.3) is 0 Å². The molecule has 0 N–H and O–H groups in total. The Labute approximate surface area is 161 Å². The lowest BCUT2D eigenvalue weighted by Gasteiger charge is -2.33. The van der Waals surface area contributed by atoms with Crippen LogP contribution in [0.2, 0.25) is 0 Å². The third kappa shape index (κ3) is 3.60. The van der Waals surface area contributed by atoms with Crippen molar-refractivity contribution in [2.45, 2.75) is 51.5 Å². The van der Waals surface area contributed by atoms with Gasteiger partial charge >= 0.3 is 0 Å². The molecule has 1 aliphatic heterocycles.